The van der Waals surface area contributed by atoms with Gasteiger partial charge in [0.05, 0.1) is 11.8 Å². The van der Waals surface area contributed by atoms with Crippen molar-refractivity contribution in [3.63, 3.8) is 0 Å². The van der Waals surface area contributed by atoms with Crippen molar-refractivity contribution in [1.29, 1.82) is 0 Å². The number of rotatable bonds is 1. The van der Waals surface area contributed by atoms with Crippen LogP contribution in [0.3, 0.4) is 0 Å². The zero-order valence-electron chi connectivity index (χ0n) is 10.7. The SMILES string of the molecule is CC(C)OC1=Nc2ccc(I)cc2C(C)(C)C1. The summed E-state index contributed by atoms with van der Waals surface area (Å²) in [6.45, 7) is 8.58. The topological polar surface area (TPSA) is 21.6 Å². The van der Waals surface area contributed by atoms with Gasteiger partial charge in [-0.05, 0) is 60.2 Å². The third-order valence-electron chi connectivity index (χ3n) is 2.90. The van der Waals surface area contributed by atoms with Gasteiger partial charge >= 0.3 is 0 Å². The second-order valence-corrected chi connectivity index (χ2v) is 6.64. The molecule has 17 heavy (non-hydrogen) atoms. The van der Waals surface area contributed by atoms with Gasteiger partial charge in [-0.15, -0.1) is 0 Å². The Hall–Kier alpha value is -0.580. The summed E-state index contributed by atoms with van der Waals surface area (Å²) in [4.78, 5) is 4.61. The number of nitrogens with zero attached hydrogens (tertiary/aromatic N) is 1. The molecule has 0 aromatic heterocycles. The molecule has 0 saturated carbocycles. The molecule has 3 heteroatoms. The zero-order chi connectivity index (χ0) is 12.6. The highest BCUT2D eigenvalue weighted by atomic mass is 127. The van der Waals surface area contributed by atoms with E-state index in [1.54, 1.807) is 0 Å². The Morgan fingerprint density at radius 3 is 2.71 bits per heavy atom. The van der Waals surface area contributed by atoms with Crippen LogP contribution in [0.15, 0.2) is 23.2 Å². The summed E-state index contributed by atoms with van der Waals surface area (Å²) >= 11 is 2.35. The van der Waals surface area contributed by atoms with E-state index in [0.717, 1.165) is 18.0 Å². The molecule has 0 atom stereocenters. The van der Waals surface area contributed by atoms with Gasteiger partial charge in [0.2, 0.25) is 0 Å². The zero-order valence-corrected chi connectivity index (χ0v) is 12.9. The Morgan fingerprint density at radius 2 is 2.06 bits per heavy atom. The summed E-state index contributed by atoms with van der Waals surface area (Å²) in [5.74, 6) is 0.860. The van der Waals surface area contributed by atoms with Crippen LogP contribution in [0.4, 0.5) is 5.69 Å². The van der Waals surface area contributed by atoms with Crippen LogP contribution in [0.25, 0.3) is 0 Å². The van der Waals surface area contributed by atoms with Crippen molar-refractivity contribution in [3.05, 3.63) is 27.3 Å². The highest BCUT2D eigenvalue weighted by Gasteiger charge is 2.31. The molecular formula is C14H18INO. The quantitative estimate of drug-likeness (QED) is 0.692. The molecule has 1 aromatic rings. The van der Waals surface area contributed by atoms with Crippen molar-refractivity contribution >= 4 is 34.2 Å². The summed E-state index contributed by atoms with van der Waals surface area (Å²) in [5, 5.41) is 0. The number of halogens is 1. The van der Waals surface area contributed by atoms with Crippen LogP contribution >= 0.6 is 22.6 Å². The van der Waals surface area contributed by atoms with Gasteiger partial charge in [-0.2, -0.15) is 0 Å². The number of hydrogen-bond donors (Lipinski definition) is 0. The molecule has 0 N–H and O–H groups in total. The summed E-state index contributed by atoms with van der Waals surface area (Å²) < 4.78 is 7.02. The van der Waals surface area contributed by atoms with Crippen LogP contribution in [-0.2, 0) is 10.2 Å². The molecule has 0 unspecified atom stereocenters. The molecule has 0 fully saturated rings. The van der Waals surface area contributed by atoms with Gasteiger partial charge in [0.1, 0.15) is 0 Å². The molecule has 0 saturated heterocycles. The number of aliphatic imine (C=N–C) groups is 1. The van der Waals surface area contributed by atoms with Crippen LogP contribution in [0, 0.1) is 3.57 Å². The first-order valence-electron chi connectivity index (χ1n) is 5.93. The predicted molar refractivity (Wildman–Crippen MR) is 80.1 cm³/mol. The minimum atomic E-state index is 0.0997. The molecule has 2 rings (SSSR count). The number of ether oxygens (including phenoxy) is 1. The van der Waals surface area contributed by atoms with Crippen LogP contribution in [0.1, 0.15) is 39.7 Å². The molecule has 0 spiro atoms. The molecule has 1 aliphatic rings. The third kappa shape index (κ3) is 2.81. The van der Waals surface area contributed by atoms with Gasteiger partial charge in [-0.25, -0.2) is 4.99 Å². The average Bonchev–Trinajstić information content (AvgIpc) is 2.17. The first-order chi connectivity index (χ1) is 7.88. The molecule has 1 heterocycles. The fraction of sp³-hybridized carbons (Fsp3) is 0.500. The molecule has 0 aliphatic carbocycles. The van der Waals surface area contributed by atoms with Crippen molar-refractivity contribution < 1.29 is 4.74 Å². The number of benzene rings is 1. The van der Waals surface area contributed by atoms with Crippen LogP contribution < -0.4 is 0 Å². The summed E-state index contributed by atoms with van der Waals surface area (Å²) in [6, 6.07) is 6.41. The van der Waals surface area contributed by atoms with E-state index in [-0.39, 0.29) is 11.5 Å². The Kier molecular flexibility index (Phi) is 3.48. The minimum Gasteiger partial charge on any atom is -0.478 e. The molecule has 0 radical (unpaired) electrons. The fourth-order valence-electron chi connectivity index (χ4n) is 2.14. The van der Waals surface area contributed by atoms with Gasteiger partial charge in [0.25, 0.3) is 0 Å². The molecule has 1 aliphatic heterocycles. The summed E-state index contributed by atoms with van der Waals surface area (Å²) in [5.41, 5.74) is 2.47. The van der Waals surface area contributed by atoms with Crippen molar-refractivity contribution in [1.82, 2.24) is 0 Å². The van der Waals surface area contributed by atoms with Crippen molar-refractivity contribution in [3.8, 4) is 0 Å². The first-order valence-corrected chi connectivity index (χ1v) is 7.00. The van der Waals surface area contributed by atoms with Crippen LogP contribution in [-0.4, -0.2) is 12.0 Å². The first kappa shape index (κ1) is 12.9. The molecule has 2 nitrogen and oxygen atoms in total. The average molecular weight is 343 g/mol. The van der Waals surface area contributed by atoms with Gasteiger partial charge in [-0.1, -0.05) is 13.8 Å². The lowest BCUT2D eigenvalue weighted by atomic mass is 9.79. The van der Waals surface area contributed by atoms with E-state index < -0.39 is 0 Å². The predicted octanol–water partition coefficient (Wildman–Crippen LogP) is 4.43. The van der Waals surface area contributed by atoms with Crippen molar-refractivity contribution in [2.45, 2.75) is 45.6 Å². The van der Waals surface area contributed by atoms with Gasteiger partial charge in [0, 0.05) is 15.4 Å². The molecule has 1 aromatic carbocycles. The highest BCUT2D eigenvalue weighted by Crippen LogP contribution is 2.40. The molecular weight excluding hydrogens is 325 g/mol. The van der Waals surface area contributed by atoms with Crippen LogP contribution in [0.5, 0.6) is 0 Å². The minimum absolute atomic E-state index is 0.0997. The van der Waals surface area contributed by atoms with Crippen molar-refractivity contribution in [2.75, 3.05) is 0 Å². The van der Waals surface area contributed by atoms with E-state index in [1.165, 1.54) is 9.13 Å². The number of hydrogen-bond acceptors (Lipinski definition) is 2. The third-order valence-corrected chi connectivity index (χ3v) is 3.57. The monoisotopic (exact) mass is 343 g/mol. The second kappa shape index (κ2) is 4.59. The fourth-order valence-corrected chi connectivity index (χ4v) is 2.63. The molecule has 0 amide bonds. The van der Waals surface area contributed by atoms with Crippen molar-refractivity contribution in [2.24, 2.45) is 4.99 Å². The van der Waals surface area contributed by atoms with E-state index in [2.05, 4.69) is 59.6 Å². The van der Waals surface area contributed by atoms with E-state index in [0.29, 0.717) is 0 Å². The number of fused-ring (bicyclic) bond motifs is 1. The standard InChI is InChI=1S/C14H18INO/c1-9(2)17-13-8-14(3,4)11-7-10(15)5-6-12(11)16-13/h5-7,9H,8H2,1-4H3. The van der Waals surface area contributed by atoms with E-state index in [9.17, 15) is 0 Å². The summed E-state index contributed by atoms with van der Waals surface area (Å²) in [7, 11) is 0. The normalized spacial score (nSPS) is 17.6. The molecule has 0 bridgehead atoms. The van der Waals surface area contributed by atoms with Gasteiger partial charge in [-0.3, -0.25) is 0 Å². The van der Waals surface area contributed by atoms with E-state index in [1.807, 2.05) is 13.8 Å². The van der Waals surface area contributed by atoms with E-state index >= 15 is 0 Å². The van der Waals surface area contributed by atoms with E-state index in [4.69, 9.17) is 4.74 Å². The summed E-state index contributed by atoms with van der Waals surface area (Å²) in [6.07, 6.45) is 1.06. The second-order valence-electron chi connectivity index (χ2n) is 5.39. The maximum absolute atomic E-state index is 5.76. The largest absolute Gasteiger partial charge is 0.478 e. The maximum atomic E-state index is 5.76. The smallest absolute Gasteiger partial charge is 0.189 e. The highest BCUT2D eigenvalue weighted by molar-refractivity contribution is 14.1. The Morgan fingerprint density at radius 1 is 1.35 bits per heavy atom. The Labute approximate surface area is 117 Å². The van der Waals surface area contributed by atoms with Gasteiger partial charge < -0.3 is 4.74 Å². The molecule has 92 valence electrons. The lowest BCUT2D eigenvalue weighted by Crippen LogP contribution is -2.28. The lowest BCUT2D eigenvalue weighted by molar-refractivity contribution is 0.214. The van der Waals surface area contributed by atoms with Gasteiger partial charge in [0.15, 0.2) is 5.90 Å². The maximum Gasteiger partial charge on any atom is 0.189 e. The Bertz CT molecular complexity index is 463. The van der Waals surface area contributed by atoms with Crippen LogP contribution in [0.2, 0.25) is 0 Å². The lowest BCUT2D eigenvalue weighted by Gasteiger charge is -2.31. The Balaban J connectivity index is 2.43.